The number of hydrogen-bond donors (Lipinski definition) is 2. The van der Waals surface area contributed by atoms with Gasteiger partial charge in [-0.2, -0.15) is 5.10 Å². The van der Waals surface area contributed by atoms with E-state index in [0.29, 0.717) is 22.4 Å². The fourth-order valence-electron chi connectivity index (χ4n) is 3.33. The number of rotatable bonds is 7. The first kappa shape index (κ1) is 22.9. The Kier molecular flexibility index (Phi) is 6.84. The number of nitro benzene ring substituents is 1. The summed E-state index contributed by atoms with van der Waals surface area (Å²) in [7, 11) is 0. The number of ether oxygens (including phenoxy) is 1. The molecule has 0 aliphatic heterocycles. The van der Waals surface area contributed by atoms with Crippen LogP contribution in [0.5, 0.6) is 11.5 Å². The summed E-state index contributed by atoms with van der Waals surface area (Å²) >= 11 is 3.49. The molecule has 0 saturated carbocycles. The molecule has 0 spiro atoms. The van der Waals surface area contributed by atoms with E-state index in [4.69, 9.17) is 4.74 Å². The summed E-state index contributed by atoms with van der Waals surface area (Å²) in [5.41, 5.74) is 3.44. The van der Waals surface area contributed by atoms with Gasteiger partial charge in [0, 0.05) is 12.1 Å². The van der Waals surface area contributed by atoms with Crippen LogP contribution in [-0.4, -0.2) is 22.2 Å². The molecule has 0 aliphatic rings. The normalized spacial score (nSPS) is 11.0. The van der Waals surface area contributed by atoms with Gasteiger partial charge in [0.15, 0.2) is 0 Å². The number of fused-ring (bicyclic) bond motifs is 1. The van der Waals surface area contributed by atoms with Crippen LogP contribution in [0.2, 0.25) is 0 Å². The molecule has 0 unspecified atom stereocenters. The second kappa shape index (κ2) is 10.1. The minimum atomic E-state index is -0.772. The van der Waals surface area contributed by atoms with Gasteiger partial charge in [0.2, 0.25) is 0 Å². The first-order valence-electron chi connectivity index (χ1n) is 10.1. The van der Waals surface area contributed by atoms with Gasteiger partial charge >= 0.3 is 0 Å². The highest BCUT2D eigenvalue weighted by molar-refractivity contribution is 9.10. The Labute approximate surface area is 202 Å². The molecule has 9 heteroatoms. The smallest absolute Gasteiger partial charge is 0.275 e. The topological polar surface area (TPSA) is 114 Å². The lowest BCUT2D eigenvalue weighted by molar-refractivity contribution is -0.384. The molecule has 0 saturated heterocycles. The Bertz CT molecular complexity index is 1420. The Balaban J connectivity index is 1.41. The molecular weight excluding hydrogens is 502 g/mol. The molecule has 8 nitrogen and oxygen atoms in total. The number of phenols is 1. The van der Waals surface area contributed by atoms with Gasteiger partial charge in [-0.25, -0.2) is 5.43 Å². The number of carbonyl (C=O) groups is 1. The van der Waals surface area contributed by atoms with Crippen LogP contribution in [-0.2, 0) is 6.61 Å². The summed E-state index contributed by atoms with van der Waals surface area (Å²) in [6.07, 6.45) is 1.41. The minimum absolute atomic E-state index is 0.246. The number of phenolic OH excluding ortho intramolecular Hbond substituents is 1. The van der Waals surface area contributed by atoms with E-state index >= 15 is 0 Å². The summed E-state index contributed by atoms with van der Waals surface area (Å²) in [5.74, 6) is -0.504. The summed E-state index contributed by atoms with van der Waals surface area (Å²) in [5, 5.41) is 26.8. The molecule has 170 valence electrons. The zero-order valence-electron chi connectivity index (χ0n) is 17.6. The lowest BCUT2D eigenvalue weighted by Crippen LogP contribution is -2.18. The van der Waals surface area contributed by atoms with Crippen molar-refractivity contribution in [1.29, 1.82) is 0 Å². The largest absolute Gasteiger partial charge is 0.507 e. The Morgan fingerprint density at radius 2 is 1.88 bits per heavy atom. The number of aromatic hydroxyl groups is 1. The molecule has 0 aromatic heterocycles. The van der Waals surface area contributed by atoms with Crippen LogP contribution < -0.4 is 10.2 Å². The molecule has 0 heterocycles. The Morgan fingerprint density at radius 1 is 1.09 bits per heavy atom. The van der Waals surface area contributed by atoms with E-state index in [-0.39, 0.29) is 17.0 Å². The summed E-state index contributed by atoms with van der Waals surface area (Å²) in [6.45, 7) is 0.399. The van der Waals surface area contributed by atoms with Crippen molar-refractivity contribution in [2.75, 3.05) is 0 Å². The quantitative estimate of drug-likeness (QED) is 0.188. The molecule has 0 atom stereocenters. The molecular formula is C25H18BrN3O5. The SMILES string of the molecule is O=C(N/N=C/c1ccc(OCc2cccc3ccccc23)c(Br)c1)c1cc([N+](=O)[O-])ccc1O. The fraction of sp³-hybridized carbons (Fsp3) is 0.0400. The maximum absolute atomic E-state index is 12.2. The second-order valence-electron chi connectivity index (χ2n) is 7.27. The molecule has 4 aromatic rings. The number of hydrogen-bond acceptors (Lipinski definition) is 6. The predicted octanol–water partition coefficient (Wildman–Crippen LogP) is 5.56. The number of carbonyl (C=O) groups excluding carboxylic acids is 1. The van der Waals surface area contributed by atoms with Gasteiger partial charge < -0.3 is 9.84 Å². The Hall–Kier alpha value is -4.24. The van der Waals surface area contributed by atoms with E-state index in [9.17, 15) is 20.0 Å². The maximum Gasteiger partial charge on any atom is 0.275 e. The third-order valence-corrected chi connectivity index (χ3v) is 5.65. The van der Waals surface area contributed by atoms with Crippen LogP contribution in [0, 0.1) is 10.1 Å². The minimum Gasteiger partial charge on any atom is -0.507 e. The maximum atomic E-state index is 12.2. The third kappa shape index (κ3) is 5.21. The van der Waals surface area contributed by atoms with Crippen molar-refractivity contribution in [3.63, 3.8) is 0 Å². The summed E-state index contributed by atoms with van der Waals surface area (Å²) in [4.78, 5) is 22.5. The highest BCUT2D eigenvalue weighted by atomic mass is 79.9. The zero-order valence-corrected chi connectivity index (χ0v) is 19.2. The second-order valence-corrected chi connectivity index (χ2v) is 8.13. The molecule has 4 rings (SSSR count). The number of benzene rings is 4. The van der Waals surface area contributed by atoms with Gasteiger partial charge in [0.1, 0.15) is 18.1 Å². The molecule has 0 radical (unpaired) electrons. The van der Waals surface area contributed by atoms with Crippen molar-refractivity contribution in [2.24, 2.45) is 5.10 Å². The average molecular weight is 520 g/mol. The summed E-state index contributed by atoms with van der Waals surface area (Å²) in [6, 6.07) is 22.7. The number of nitro groups is 1. The highest BCUT2D eigenvalue weighted by Crippen LogP contribution is 2.28. The zero-order chi connectivity index (χ0) is 24.1. The fourth-order valence-corrected chi connectivity index (χ4v) is 3.84. The average Bonchev–Trinajstić information content (AvgIpc) is 2.83. The van der Waals surface area contributed by atoms with Gasteiger partial charge in [-0.05, 0) is 62.1 Å². The number of halogens is 1. The van der Waals surface area contributed by atoms with E-state index in [1.165, 1.54) is 6.21 Å². The lowest BCUT2D eigenvalue weighted by Gasteiger charge is -2.11. The van der Waals surface area contributed by atoms with Crippen LogP contribution >= 0.6 is 15.9 Å². The van der Waals surface area contributed by atoms with Gasteiger partial charge in [0.05, 0.1) is 21.2 Å². The van der Waals surface area contributed by atoms with Gasteiger partial charge in [-0.1, -0.05) is 42.5 Å². The van der Waals surface area contributed by atoms with Crippen molar-refractivity contribution >= 4 is 44.5 Å². The van der Waals surface area contributed by atoms with Gasteiger partial charge in [0.25, 0.3) is 11.6 Å². The molecule has 0 fully saturated rings. The van der Waals surface area contributed by atoms with E-state index in [2.05, 4.69) is 44.7 Å². The lowest BCUT2D eigenvalue weighted by atomic mass is 10.1. The summed E-state index contributed by atoms with van der Waals surface area (Å²) < 4.78 is 6.69. The number of amides is 1. The molecule has 4 aromatic carbocycles. The first-order valence-corrected chi connectivity index (χ1v) is 10.9. The molecule has 34 heavy (non-hydrogen) atoms. The standard InChI is InChI=1S/C25H18BrN3O5/c26-22-12-16(14-27-28-25(31)21-13-19(29(32)33)9-10-23(21)30)8-11-24(22)34-15-18-6-3-5-17-4-1-2-7-20(17)18/h1-14,30H,15H2,(H,28,31)/b27-14+. The first-order chi connectivity index (χ1) is 16.4. The van der Waals surface area contributed by atoms with Crippen LogP contribution in [0.3, 0.4) is 0 Å². The van der Waals surface area contributed by atoms with E-state index in [1.807, 2.05) is 24.3 Å². The number of hydrazone groups is 1. The van der Waals surface area contributed by atoms with Crippen LogP contribution in [0.15, 0.2) is 88.4 Å². The van der Waals surface area contributed by atoms with E-state index < -0.39 is 10.8 Å². The molecule has 2 N–H and O–H groups in total. The van der Waals surface area contributed by atoms with Gasteiger partial charge in [-0.3, -0.25) is 14.9 Å². The number of non-ortho nitro benzene ring substituents is 1. The van der Waals surface area contributed by atoms with Crippen molar-refractivity contribution in [1.82, 2.24) is 5.43 Å². The predicted molar refractivity (Wildman–Crippen MR) is 132 cm³/mol. The van der Waals surface area contributed by atoms with Crippen molar-refractivity contribution in [3.05, 3.63) is 110 Å². The van der Waals surface area contributed by atoms with Crippen LogP contribution in [0.25, 0.3) is 10.8 Å². The van der Waals surface area contributed by atoms with Crippen molar-refractivity contribution < 1.29 is 19.6 Å². The highest BCUT2D eigenvalue weighted by Gasteiger charge is 2.16. The van der Waals surface area contributed by atoms with Crippen LogP contribution in [0.1, 0.15) is 21.5 Å². The monoisotopic (exact) mass is 519 g/mol. The third-order valence-electron chi connectivity index (χ3n) is 5.03. The van der Waals surface area contributed by atoms with Gasteiger partial charge in [-0.15, -0.1) is 0 Å². The van der Waals surface area contributed by atoms with E-state index in [0.717, 1.165) is 34.5 Å². The van der Waals surface area contributed by atoms with E-state index in [1.54, 1.807) is 18.2 Å². The number of nitrogens with zero attached hydrogens (tertiary/aromatic N) is 2. The molecule has 0 aliphatic carbocycles. The molecule has 1 amide bonds. The number of nitrogens with one attached hydrogen (secondary N) is 1. The van der Waals surface area contributed by atoms with Crippen molar-refractivity contribution in [3.8, 4) is 11.5 Å². The Morgan fingerprint density at radius 3 is 2.68 bits per heavy atom. The molecule has 0 bridgehead atoms. The van der Waals surface area contributed by atoms with Crippen molar-refractivity contribution in [2.45, 2.75) is 6.61 Å². The van der Waals surface area contributed by atoms with Crippen LogP contribution in [0.4, 0.5) is 5.69 Å².